The largest absolute Gasteiger partial charge is 0.481 e. The van der Waals surface area contributed by atoms with E-state index in [0.717, 1.165) is 16.3 Å². The number of carboxylic acids is 1. The molecule has 5 rings (SSSR count). The molecule has 3 heterocycles. The Kier molecular flexibility index (Phi) is 3.49. The Hall–Kier alpha value is -1.87. The predicted octanol–water partition coefficient (Wildman–Crippen LogP) is 1.41. The molecule has 5 atom stereocenters. The number of nitrogens with one attached hydrogen (secondary N) is 1. The van der Waals surface area contributed by atoms with Gasteiger partial charge in [-0.1, -0.05) is 28.7 Å². The summed E-state index contributed by atoms with van der Waals surface area (Å²) in [4.78, 5) is 53.0. The number of thiazole rings is 1. The average Bonchev–Trinajstić information content (AvgIpc) is 3.28. The molecule has 4 aliphatic rings. The number of nitrogens with zero attached hydrogens (tertiary/aromatic N) is 1. The molecule has 5 unspecified atom stereocenters. The van der Waals surface area contributed by atoms with Gasteiger partial charge >= 0.3 is 10.8 Å². The molecule has 2 amide bonds. The smallest absolute Gasteiger partial charge is 0.305 e. The van der Waals surface area contributed by atoms with E-state index in [1.165, 1.54) is 21.8 Å². The molecular weight excluding hydrogens is 376 g/mol. The lowest BCUT2D eigenvalue weighted by atomic mass is 9.77. The minimum Gasteiger partial charge on any atom is -0.481 e. The Morgan fingerprint density at radius 1 is 1.27 bits per heavy atom. The first kappa shape index (κ1) is 16.3. The van der Waals surface area contributed by atoms with E-state index >= 15 is 0 Å². The fourth-order valence-electron chi connectivity index (χ4n) is 5.09. The van der Waals surface area contributed by atoms with Gasteiger partial charge in [-0.25, -0.2) is 0 Å². The van der Waals surface area contributed by atoms with E-state index in [4.69, 9.17) is 5.11 Å². The monoisotopic (exact) mass is 392 g/mol. The molecule has 0 spiro atoms. The highest BCUT2D eigenvalue weighted by atomic mass is 32.2. The number of aliphatic carboxylic acids is 1. The number of hydrogen-bond acceptors (Lipinski definition) is 6. The van der Waals surface area contributed by atoms with Gasteiger partial charge in [-0.15, -0.1) is 0 Å². The van der Waals surface area contributed by atoms with Crippen LogP contribution in [0.4, 0.5) is 0 Å². The zero-order valence-corrected chi connectivity index (χ0v) is 15.3. The molecule has 1 aromatic heterocycles. The first-order valence-electron chi connectivity index (χ1n) is 8.64. The van der Waals surface area contributed by atoms with Crippen molar-refractivity contribution in [2.45, 2.75) is 29.5 Å². The van der Waals surface area contributed by atoms with Crippen molar-refractivity contribution >= 4 is 47.0 Å². The van der Waals surface area contributed by atoms with Gasteiger partial charge in [-0.3, -0.25) is 24.1 Å². The number of rotatable bonds is 4. The lowest BCUT2D eigenvalue weighted by Crippen LogP contribution is -2.35. The van der Waals surface area contributed by atoms with Crippen molar-refractivity contribution in [3.05, 3.63) is 20.1 Å². The van der Waals surface area contributed by atoms with E-state index < -0.39 is 5.97 Å². The highest BCUT2D eigenvalue weighted by Gasteiger charge is 2.66. The van der Waals surface area contributed by atoms with Crippen molar-refractivity contribution in [3.8, 4) is 0 Å². The SMILES string of the molecule is O=C(O)CCCN1C(=O)C2C3CC(C4Sc5[nH]c(=O)sc5C=C34)C2C1=O. The summed E-state index contributed by atoms with van der Waals surface area (Å²) in [6.45, 7) is 0.188. The van der Waals surface area contributed by atoms with Crippen LogP contribution in [0.5, 0.6) is 0 Å². The molecule has 2 saturated carbocycles. The second kappa shape index (κ2) is 5.56. The number of aromatic amines is 1. The van der Waals surface area contributed by atoms with Crippen LogP contribution >= 0.6 is 23.1 Å². The Bertz CT molecular complexity index is 932. The fraction of sp³-hybridized carbons (Fsp3) is 0.529. The number of hydrogen-bond donors (Lipinski definition) is 2. The number of amides is 2. The van der Waals surface area contributed by atoms with Crippen LogP contribution in [0.15, 0.2) is 15.4 Å². The molecule has 26 heavy (non-hydrogen) atoms. The van der Waals surface area contributed by atoms with Crippen LogP contribution in [0.3, 0.4) is 0 Å². The van der Waals surface area contributed by atoms with Crippen LogP contribution < -0.4 is 4.87 Å². The maximum absolute atomic E-state index is 12.9. The summed E-state index contributed by atoms with van der Waals surface area (Å²) in [5, 5.41) is 9.79. The molecule has 1 aromatic rings. The van der Waals surface area contributed by atoms with E-state index in [1.54, 1.807) is 11.8 Å². The van der Waals surface area contributed by atoms with Gasteiger partial charge in [-0.05, 0) is 30.8 Å². The summed E-state index contributed by atoms with van der Waals surface area (Å²) in [7, 11) is 0. The zero-order valence-electron chi connectivity index (χ0n) is 13.6. The van der Waals surface area contributed by atoms with Crippen LogP contribution in [-0.2, 0) is 14.4 Å². The van der Waals surface area contributed by atoms with Gasteiger partial charge in [-0.2, -0.15) is 0 Å². The topological polar surface area (TPSA) is 108 Å². The Morgan fingerprint density at radius 2 is 2.04 bits per heavy atom. The van der Waals surface area contributed by atoms with Gasteiger partial charge in [0, 0.05) is 18.2 Å². The van der Waals surface area contributed by atoms with Crippen LogP contribution in [0.1, 0.15) is 24.1 Å². The molecule has 9 heteroatoms. The summed E-state index contributed by atoms with van der Waals surface area (Å²) >= 11 is 2.79. The van der Waals surface area contributed by atoms with Crippen molar-refractivity contribution in [2.75, 3.05) is 6.54 Å². The number of carboxylic acid groups (broad SMARTS) is 1. The summed E-state index contributed by atoms with van der Waals surface area (Å²) in [6.07, 6.45) is 3.14. The number of carbonyl (C=O) groups excluding carboxylic acids is 2. The second-order valence-electron chi connectivity index (χ2n) is 7.27. The number of imide groups is 1. The summed E-state index contributed by atoms with van der Waals surface area (Å²) in [5.41, 5.74) is 1.19. The van der Waals surface area contributed by atoms with Crippen molar-refractivity contribution < 1.29 is 19.5 Å². The first-order chi connectivity index (χ1) is 12.5. The number of fused-ring (bicyclic) bond motifs is 9. The Morgan fingerprint density at radius 3 is 2.81 bits per heavy atom. The van der Waals surface area contributed by atoms with Gasteiger partial charge in [0.2, 0.25) is 11.8 Å². The van der Waals surface area contributed by atoms with Gasteiger partial charge in [0.05, 0.1) is 21.7 Å². The number of carbonyl (C=O) groups is 3. The second-order valence-corrected chi connectivity index (χ2v) is 9.44. The maximum atomic E-state index is 12.9. The minimum absolute atomic E-state index is 0.0452. The molecule has 2 N–H and O–H groups in total. The van der Waals surface area contributed by atoms with E-state index in [9.17, 15) is 19.2 Å². The van der Waals surface area contributed by atoms with Crippen molar-refractivity contribution in [1.29, 1.82) is 0 Å². The van der Waals surface area contributed by atoms with Gasteiger partial charge < -0.3 is 10.1 Å². The van der Waals surface area contributed by atoms with Gasteiger partial charge in [0.25, 0.3) is 0 Å². The third kappa shape index (κ3) is 2.13. The number of aromatic nitrogens is 1. The number of likely N-dealkylation sites (tertiary alicyclic amines) is 1. The fourth-order valence-corrected chi connectivity index (χ4v) is 7.53. The highest BCUT2D eigenvalue weighted by Crippen LogP contribution is 2.64. The van der Waals surface area contributed by atoms with Crippen LogP contribution in [-0.4, -0.2) is 44.6 Å². The Labute approximate surface area is 156 Å². The van der Waals surface area contributed by atoms with Crippen LogP contribution in [0.25, 0.3) is 6.08 Å². The third-order valence-electron chi connectivity index (χ3n) is 6.01. The lowest BCUT2D eigenvalue weighted by molar-refractivity contribution is -0.142. The quantitative estimate of drug-likeness (QED) is 0.750. The summed E-state index contributed by atoms with van der Waals surface area (Å²) < 4.78 is 0. The van der Waals surface area contributed by atoms with Crippen molar-refractivity contribution in [2.24, 2.45) is 23.7 Å². The number of H-pyrrole nitrogens is 1. The van der Waals surface area contributed by atoms with Gasteiger partial charge in [0.15, 0.2) is 0 Å². The zero-order chi connectivity index (χ0) is 18.2. The standard InChI is InChI=1S/C17H16N2O5S2/c20-10(21)2-1-3-19-15(22)11-6-4-8(12(11)16(19)23)13-7(6)5-9-14(26-13)18-17(24)25-9/h5-6,8,11-13H,1-4H2,(H,18,24)(H,20,21). The maximum Gasteiger partial charge on any atom is 0.305 e. The lowest BCUT2D eigenvalue weighted by Gasteiger charge is -2.32. The molecule has 1 saturated heterocycles. The van der Waals surface area contributed by atoms with Crippen LogP contribution in [0.2, 0.25) is 0 Å². The average molecular weight is 392 g/mol. The van der Waals surface area contributed by atoms with E-state index in [1.807, 2.05) is 6.08 Å². The molecule has 7 nitrogen and oxygen atoms in total. The molecule has 2 bridgehead atoms. The first-order valence-corrected chi connectivity index (χ1v) is 10.3. The summed E-state index contributed by atoms with van der Waals surface area (Å²) in [5.74, 6) is -1.63. The van der Waals surface area contributed by atoms with E-state index in [0.29, 0.717) is 6.42 Å². The van der Waals surface area contributed by atoms with Crippen LogP contribution in [0, 0.1) is 23.7 Å². The third-order valence-corrected chi connectivity index (χ3v) is 8.40. The molecule has 2 aliphatic carbocycles. The predicted molar refractivity (Wildman–Crippen MR) is 94.7 cm³/mol. The Balaban J connectivity index is 1.43. The molecule has 0 radical (unpaired) electrons. The molecule has 2 aliphatic heterocycles. The molecular formula is C17H16N2O5S2. The number of thioether (sulfide) groups is 1. The normalized spacial score (nSPS) is 33.9. The van der Waals surface area contributed by atoms with E-state index in [2.05, 4.69) is 4.98 Å². The summed E-state index contributed by atoms with van der Waals surface area (Å²) in [6, 6.07) is 0. The molecule has 136 valence electrons. The van der Waals surface area contributed by atoms with Crippen molar-refractivity contribution in [3.63, 3.8) is 0 Å². The molecule has 3 fully saturated rings. The van der Waals surface area contributed by atoms with E-state index in [-0.39, 0.29) is 58.6 Å². The highest BCUT2D eigenvalue weighted by molar-refractivity contribution is 8.00. The minimum atomic E-state index is -0.919. The van der Waals surface area contributed by atoms with Crippen molar-refractivity contribution in [1.82, 2.24) is 9.88 Å². The molecule has 0 aromatic carbocycles. The van der Waals surface area contributed by atoms with Gasteiger partial charge in [0.1, 0.15) is 0 Å².